The van der Waals surface area contributed by atoms with E-state index in [0.717, 1.165) is 27.7 Å². The van der Waals surface area contributed by atoms with Gasteiger partial charge in [-0.3, -0.25) is 4.79 Å². The van der Waals surface area contributed by atoms with E-state index in [4.69, 9.17) is 9.47 Å². The highest BCUT2D eigenvalue weighted by Crippen LogP contribution is 2.24. The highest BCUT2D eigenvalue weighted by atomic mass is 32.2. The molecule has 0 amide bonds. The van der Waals surface area contributed by atoms with E-state index in [2.05, 4.69) is 4.98 Å². The summed E-state index contributed by atoms with van der Waals surface area (Å²) in [4.78, 5) is 16.5. The number of hydrogen-bond acceptors (Lipinski definition) is 5. The smallest absolute Gasteiger partial charge is 0.326 e. The van der Waals surface area contributed by atoms with Crippen molar-refractivity contribution in [2.24, 2.45) is 0 Å². The number of rotatable bonds is 8. The number of carbonyl (C=O) groups excluding carboxylic acids is 1. The lowest BCUT2D eigenvalue weighted by molar-refractivity contribution is -0.143. The molecule has 0 bridgehead atoms. The van der Waals surface area contributed by atoms with E-state index in [1.165, 1.54) is 0 Å². The number of hydrogen-bond donors (Lipinski definition) is 0. The first-order chi connectivity index (χ1) is 12.3. The molecule has 0 aliphatic carbocycles. The molecule has 3 aromatic rings. The largest absolute Gasteiger partial charge is 0.493 e. The predicted molar refractivity (Wildman–Crippen MR) is 99.0 cm³/mol. The van der Waals surface area contributed by atoms with Gasteiger partial charge in [0.05, 0.1) is 24.2 Å². The van der Waals surface area contributed by atoms with E-state index in [1.807, 2.05) is 59.2 Å². The van der Waals surface area contributed by atoms with Crippen LogP contribution in [0.3, 0.4) is 0 Å². The molecule has 3 rings (SSSR count). The maximum atomic E-state index is 11.9. The number of ether oxygens (including phenoxy) is 2. The second-order valence-corrected chi connectivity index (χ2v) is 6.35. The summed E-state index contributed by atoms with van der Waals surface area (Å²) in [5.41, 5.74) is 1.81. The minimum absolute atomic E-state index is 0.163. The van der Waals surface area contributed by atoms with Gasteiger partial charge < -0.3 is 14.0 Å². The molecule has 0 aliphatic heterocycles. The summed E-state index contributed by atoms with van der Waals surface area (Å²) < 4.78 is 12.7. The number of nitrogens with zero attached hydrogens (tertiary/aromatic N) is 2. The SMILES string of the molecule is CCOC(=O)Cn1c(SCCOc2ccccc2)nc2ccccc21. The fourth-order valence-corrected chi connectivity index (χ4v) is 3.29. The summed E-state index contributed by atoms with van der Waals surface area (Å²) in [6, 6.07) is 17.5. The number of esters is 1. The minimum atomic E-state index is -0.256. The van der Waals surface area contributed by atoms with Gasteiger partial charge in [0.2, 0.25) is 0 Å². The fraction of sp³-hybridized carbons (Fsp3) is 0.263. The van der Waals surface area contributed by atoms with Crippen LogP contribution in [-0.2, 0) is 16.1 Å². The van der Waals surface area contributed by atoms with Gasteiger partial charge in [-0.1, -0.05) is 42.1 Å². The Morgan fingerprint density at radius 3 is 2.68 bits per heavy atom. The monoisotopic (exact) mass is 356 g/mol. The van der Waals surface area contributed by atoms with E-state index in [-0.39, 0.29) is 12.5 Å². The summed E-state index contributed by atoms with van der Waals surface area (Å²) >= 11 is 1.57. The molecule has 0 N–H and O–H groups in total. The van der Waals surface area contributed by atoms with Crippen molar-refractivity contribution in [3.63, 3.8) is 0 Å². The lowest BCUT2D eigenvalue weighted by atomic mass is 10.3. The number of para-hydroxylation sites is 3. The molecule has 0 saturated carbocycles. The molecule has 6 heteroatoms. The number of benzene rings is 2. The van der Waals surface area contributed by atoms with Gasteiger partial charge in [-0.05, 0) is 31.2 Å². The molecule has 0 atom stereocenters. The molecule has 25 heavy (non-hydrogen) atoms. The van der Waals surface area contributed by atoms with Crippen molar-refractivity contribution >= 4 is 28.8 Å². The molecule has 0 radical (unpaired) electrons. The Kier molecular flexibility index (Phi) is 5.95. The van der Waals surface area contributed by atoms with Gasteiger partial charge in [0.1, 0.15) is 12.3 Å². The first-order valence-electron chi connectivity index (χ1n) is 8.19. The van der Waals surface area contributed by atoms with Crippen molar-refractivity contribution in [1.29, 1.82) is 0 Å². The van der Waals surface area contributed by atoms with Crippen LogP contribution in [0.25, 0.3) is 11.0 Å². The van der Waals surface area contributed by atoms with Gasteiger partial charge >= 0.3 is 5.97 Å². The van der Waals surface area contributed by atoms with E-state index < -0.39 is 0 Å². The van der Waals surface area contributed by atoms with Crippen molar-refractivity contribution in [3.8, 4) is 5.75 Å². The van der Waals surface area contributed by atoms with Gasteiger partial charge in [0.25, 0.3) is 0 Å². The van der Waals surface area contributed by atoms with Crippen molar-refractivity contribution < 1.29 is 14.3 Å². The van der Waals surface area contributed by atoms with E-state index in [1.54, 1.807) is 18.7 Å². The standard InChI is InChI=1S/C19H20N2O3S/c1-2-23-18(22)14-21-17-11-7-6-10-16(17)20-19(21)25-13-12-24-15-8-4-3-5-9-15/h3-11H,2,12-14H2,1H3. The van der Waals surface area contributed by atoms with Crippen molar-refractivity contribution in [2.45, 2.75) is 18.6 Å². The average Bonchev–Trinajstić information content (AvgIpc) is 2.97. The molecule has 2 aromatic carbocycles. The van der Waals surface area contributed by atoms with Crippen molar-refractivity contribution in [1.82, 2.24) is 9.55 Å². The Morgan fingerprint density at radius 1 is 1.12 bits per heavy atom. The first kappa shape index (κ1) is 17.4. The second kappa shape index (κ2) is 8.58. The van der Waals surface area contributed by atoms with Crippen LogP contribution in [0.1, 0.15) is 6.92 Å². The Bertz CT molecular complexity index is 833. The van der Waals surface area contributed by atoms with Gasteiger partial charge in [0.15, 0.2) is 5.16 Å². The van der Waals surface area contributed by atoms with Gasteiger partial charge in [-0.2, -0.15) is 0 Å². The summed E-state index contributed by atoms with van der Waals surface area (Å²) in [6.45, 7) is 2.91. The minimum Gasteiger partial charge on any atom is -0.493 e. The summed E-state index contributed by atoms with van der Waals surface area (Å²) in [6.07, 6.45) is 0. The predicted octanol–water partition coefficient (Wildman–Crippen LogP) is 3.77. The van der Waals surface area contributed by atoms with Gasteiger partial charge in [-0.25, -0.2) is 4.98 Å². The van der Waals surface area contributed by atoms with Crippen LogP contribution in [0.4, 0.5) is 0 Å². The fourth-order valence-electron chi connectivity index (χ4n) is 2.46. The Labute approximate surface area is 151 Å². The lowest BCUT2D eigenvalue weighted by Crippen LogP contribution is -2.14. The maximum Gasteiger partial charge on any atom is 0.326 e. The van der Waals surface area contributed by atoms with Gasteiger partial charge in [-0.15, -0.1) is 0 Å². The summed E-state index contributed by atoms with van der Waals surface area (Å²) in [5.74, 6) is 1.33. The van der Waals surface area contributed by atoms with Crippen LogP contribution in [0.2, 0.25) is 0 Å². The highest BCUT2D eigenvalue weighted by Gasteiger charge is 2.14. The van der Waals surface area contributed by atoms with Crippen LogP contribution >= 0.6 is 11.8 Å². The number of fused-ring (bicyclic) bond motifs is 1. The zero-order valence-electron chi connectivity index (χ0n) is 14.1. The third-order valence-corrected chi connectivity index (χ3v) is 4.48. The maximum absolute atomic E-state index is 11.9. The van der Waals surface area contributed by atoms with Crippen LogP contribution < -0.4 is 4.74 Å². The molecule has 1 heterocycles. The zero-order chi connectivity index (χ0) is 17.5. The third kappa shape index (κ3) is 4.54. The van der Waals surface area contributed by atoms with E-state index >= 15 is 0 Å². The average molecular weight is 356 g/mol. The Hall–Kier alpha value is -2.47. The number of imidazole rings is 1. The topological polar surface area (TPSA) is 53.4 Å². The number of carbonyl (C=O) groups is 1. The van der Waals surface area contributed by atoms with Crippen LogP contribution in [-0.4, -0.2) is 34.5 Å². The number of thioether (sulfide) groups is 1. The third-order valence-electron chi connectivity index (χ3n) is 3.54. The Balaban J connectivity index is 1.68. The molecule has 0 saturated heterocycles. The quantitative estimate of drug-likeness (QED) is 0.349. The summed E-state index contributed by atoms with van der Waals surface area (Å²) in [5, 5.41) is 0.797. The lowest BCUT2D eigenvalue weighted by Gasteiger charge is -2.09. The van der Waals surface area contributed by atoms with Crippen LogP contribution in [0.5, 0.6) is 5.75 Å². The molecule has 0 spiro atoms. The second-order valence-electron chi connectivity index (χ2n) is 5.28. The normalized spacial score (nSPS) is 10.8. The molecular formula is C19H20N2O3S. The molecule has 0 aliphatic rings. The molecule has 130 valence electrons. The molecule has 0 unspecified atom stereocenters. The summed E-state index contributed by atoms with van der Waals surface area (Å²) in [7, 11) is 0. The van der Waals surface area contributed by atoms with E-state index in [0.29, 0.717) is 13.2 Å². The van der Waals surface area contributed by atoms with Crippen molar-refractivity contribution in [2.75, 3.05) is 19.0 Å². The Morgan fingerprint density at radius 2 is 1.88 bits per heavy atom. The van der Waals surface area contributed by atoms with E-state index in [9.17, 15) is 4.79 Å². The molecule has 5 nitrogen and oxygen atoms in total. The highest BCUT2D eigenvalue weighted by molar-refractivity contribution is 7.99. The van der Waals surface area contributed by atoms with Crippen molar-refractivity contribution in [3.05, 3.63) is 54.6 Å². The van der Waals surface area contributed by atoms with Crippen LogP contribution in [0.15, 0.2) is 59.8 Å². The molecule has 1 aromatic heterocycles. The first-order valence-corrected chi connectivity index (χ1v) is 9.18. The van der Waals surface area contributed by atoms with Crippen LogP contribution in [0, 0.1) is 0 Å². The molecule has 0 fully saturated rings. The number of aromatic nitrogens is 2. The van der Waals surface area contributed by atoms with Gasteiger partial charge in [0, 0.05) is 5.75 Å². The zero-order valence-corrected chi connectivity index (χ0v) is 14.9. The molecular weight excluding hydrogens is 336 g/mol.